The lowest BCUT2D eigenvalue weighted by Gasteiger charge is -2.14. The van der Waals surface area contributed by atoms with Crippen molar-refractivity contribution in [3.05, 3.63) is 23.8 Å². The van der Waals surface area contributed by atoms with E-state index in [2.05, 4.69) is 24.4 Å². The molecule has 0 spiro atoms. The fourth-order valence-corrected chi connectivity index (χ4v) is 2.62. The molecule has 100 valence electrons. The molecule has 1 aromatic rings. The van der Waals surface area contributed by atoms with Gasteiger partial charge >= 0.3 is 0 Å². The van der Waals surface area contributed by atoms with Crippen LogP contribution in [-0.4, -0.2) is 20.3 Å². The van der Waals surface area contributed by atoms with Gasteiger partial charge in [-0.2, -0.15) is 0 Å². The molecule has 1 N–H and O–H groups in total. The van der Waals surface area contributed by atoms with Crippen LogP contribution < -0.4 is 14.8 Å². The summed E-state index contributed by atoms with van der Waals surface area (Å²) >= 11 is 0. The summed E-state index contributed by atoms with van der Waals surface area (Å²) in [5.74, 6) is 2.57. The molecule has 1 fully saturated rings. The summed E-state index contributed by atoms with van der Waals surface area (Å²) in [4.78, 5) is 0. The minimum atomic E-state index is 0.664. The summed E-state index contributed by atoms with van der Waals surface area (Å²) in [5.41, 5.74) is 1.21. The van der Waals surface area contributed by atoms with Crippen molar-refractivity contribution in [2.45, 2.75) is 38.8 Å². The number of hydrogen-bond donors (Lipinski definition) is 1. The fraction of sp³-hybridized carbons (Fsp3) is 0.600. The van der Waals surface area contributed by atoms with Gasteiger partial charge in [-0.05, 0) is 42.9 Å². The Morgan fingerprint density at radius 2 is 1.78 bits per heavy atom. The highest BCUT2D eigenvalue weighted by Crippen LogP contribution is 2.26. The number of nitrogens with one attached hydrogen (secondary N) is 1. The minimum Gasteiger partial charge on any atom is -0.497 e. The number of ether oxygens (including phenoxy) is 2. The van der Waals surface area contributed by atoms with E-state index in [0.717, 1.165) is 24.0 Å². The van der Waals surface area contributed by atoms with Gasteiger partial charge in [-0.1, -0.05) is 6.92 Å². The van der Waals surface area contributed by atoms with Gasteiger partial charge in [0.1, 0.15) is 11.5 Å². The Hall–Kier alpha value is -1.22. The van der Waals surface area contributed by atoms with Crippen LogP contribution in [0, 0.1) is 5.92 Å². The largest absolute Gasteiger partial charge is 0.497 e. The maximum atomic E-state index is 5.28. The van der Waals surface area contributed by atoms with Crippen LogP contribution in [0.2, 0.25) is 0 Å². The zero-order valence-corrected chi connectivity index (χ0v) is 11.5. The first-order valence-corrected chi connectivity index (χ1v) is 6.66. The second-order valence-electron chi connectivity index (χ2n) is 5.22. The molecule has 1 aliphatic carbocycles. The molecule has 3 heteroatoms. The molecule has 0 amide bonds. The van der Waals surface area contributed by atoms with Crippen molar-refractivity contribution < 1.29 is 9.47 Å². The van der Waals surface area contributed by atoms with Crippen LogP contribution >= 0.6 is 0 Å². The molecule has 2 rings (SSSR count). The van der Waals surface area contributed by atoms with Crippen molar-refractivity contribution in [3.63, 3.8) is 0 Å². The van der Waals surface area contributed by atoms with Crippen molar-refractivity contribution >= 4 is 0 Å². The molecule has 3 nitrogen and oxygen atoms in total. The minimum absolute atomic E-state index is 0.664. The van der Waals surface area contributed by atoms with Gasteiger partial charge < -0.3 is 14.8 Å². The first-order valence-electron chi connectivity index (χ1n) is 6.66. The van der Waals surface area contributed by atoms with Gasteiger partial charge in [0, 0.05) is 18.7 Å². The van der Waals surface area contributed by atoms with E-state index in [-0.39, 0.29) is 0 Å². The lowest BCUT2D eigenvalue weighted by Crippen LogP contribution is -2.25. The highest BCUT2D eigenvalue weighted by molar-refractivity contribution is 5.38. The van der Waals surface area contributed by atoms with Gasteiger partial charge in [0.15, 0.2) is 0 Å². The van der Waals surface area contributed by atoms with Gasteiger partial charge in [0.25, 0.3) is 0 Å². The zero-order chi connectivity index (χ0) is 13.0. The van der Waals surface area contributed by atoms with Gasteiger partial charge in [-0.15, -0.1) is 0 Å². The van der Waals surface area contributed by atoms with Crippen molar-refractivity contribution in [3.8, 4) is 11.5 Å². The monoisotopic (exact) mass is 249 g/mol. The van der Waals surface area contributed by atoms with Crippen LogP contribution in [0.15, 0.2) is 18.2 Å². The third-order valence-corrected chi connectivity index (χ3v) is 3.70. The zero-order valence-electron chi connectivity index (χ0n) is 11.5. The lowest BCUT2D eigenvalue weighted by molar-refractivity contribution is 0.392. The van der Waals surface area contributed by atoms with Crippen molar-refractivity contribution in [2.75, 3.05) is 14.2 Å². The Bertz CT molecular complexity index is 370. The predicted molar refractivity (Wildman–Crippen MR) is 73.2 cm³/mol. The quantitative estimate of drug-likeness (QED) is 0.870. The normalized spacial score (nSPS) is 23.1. The summed E-state index contributed by atoms with van der Waals surface area (Å²) in [5, 5.41) is 3.62. The second kappa shape index (κ2) is 6.10. The summed E-state index contributed by atoms with van der Waals surface area (Å²) in [6.07, 6.45) is 3.93. The molecule has 1 aromatic carbocycles. The molecule has 0 bridgehead atoms. The summed E-state index contributed by atoms with van der Waals surface area (Å²) in [6, 6.07) is 6.69. The Morgan fingerprint density at radius 3 is 2.28 bits per heavy atom. The molecule has 0 unspecified atom stereocenters. The van der Waals surface area contributed by atoms with Gasteiger partial charge in [-0.3, -0.25) is 0 Å². The molecule has 0 radical (unpaired) electrons. The molecule has 1 saturated carbocycles. The van der Waals surface area contributed by atoms with E-state index in [9.17, 15) is 0 Å². The average molecular weight is 249 g/mol. The SMILES string of the molecule is COc1cc(CN[C@H]2CC[C@H](C)C2)cc(OC)c1. The highest BCUT2D eigenvalue weighted by atomic mass is 16.5. The highest BCUT2D eigenvalue weighted by Gasteiger charge is 2.20. The Morgan fingerprint density at radius 1 is 1.11 bits per heavy atom. The van der Waals surface area contributed by atoms with Crippen LogP contribution in [-0.2, 0) is 6.54 Å². The van der Waals surface area contributed by atoms with Crippen LogP contribution in [0.1, 0.15) is 31.7 Å². The molecule has 2 atom stereocenters. The van der Waals surface area contributed by atoms with E-state index in [0.29, 0.717) is 6.04 Å². The average Bonchev–Trinajstić information content (AvgIpc) is 2.81. The maximum Gasteiger partial charge on any atom is 0.122 e. The van der Waals surface area contributed by atoms with Crippen molar-refractivity contribution in [1.29, 1.82) is 0 Å². The third-order valence-electron chi connectivity index (χ3n) is 3.70. The lowest BCUT2D eigenvalue weighted by atomic mass is 10.1. The van der Waals surface area contributed by atoms with E-state index in [1.807, 2.05) is 6.07 Å². The standard InChI is InChI=1S/C15H23NO2/c1-11-4-5-13(6-11)16-10-12-7-14(17-2)9-15(8-12)18-3/h7-9,11,13,16H,4-6,10H2,1-3H3/t11-,13-/m0/s1. The molecule has 18 heavy (non-hydrogen) atoms. The first kappa shape index (κ1) is 13.2. The summed E-state index contributed by atoms with van der Waals surface area (Å²) in [7, 11) is 3.37. The van der Waals surface area contributed by atoms with E-state index in [1.165, 1.54) is 24.8 Å². The van der Waals surface area contributed by atoms with Crippen LogP contribution in [0.5, 0.6) is 11.5 Å². The second-order valence-corrected chi connectivity index (χ2v) is 5.22. The summed E-state index contributed by atoms with van der Waals surface area (Å²) in [6.45, 7) is 3.21. The molecule has 0 saturated heterocycles. The maximum absolute atomic E-state index is 5.28. The van der Waals surface area contributed by atoms with E-state index >= 15 is 0 Å². The molecule has 0 aliphatic heterocycles. The molecule has 1 aliphatic rings. The number of hydrogen-bond acceptors (Lipinski definition) is 3. The molecular formula is C15H23NO2. The third kappa shape index (κ3) is 3.39. The number of benzene rings is 1. The molecule has 0 aromatic heterocycles. The Labute approximate surface area is 109 Å². The predicted octanol–water partition coefficient (Wildman–Crippen LogP) is 2.98. The van der Waals surface area contributed by atoms with Gasteiger partial charge in [0.05, 0.1) is 14.2 Å². The topological polar surface area (TPSA) is 30.5 Å². The van der Waals surface area contributed by atoms with Crippen molar-refractivity contribution in [2.24, 2.45) is 5.92 Å². The summed E-state index contributed by atoms with van der Waals surface area (Å²) < 4.78 is 10.6. The van der Waals surface area contributed by atoms with Crippen LogP contribution in [0.4, 0.5) is 0 Å². The molecule has 0 heterocycles. The van der Waals surface area contributed by atoms with E-state index < -0.39 is 0 Å². The fourth-order valence-electron chi connectivity index (χ4n) is 2.62. The van der Waals surface area contributed by atoms with Gasteiger partial charge in [-0.25, -0.2) is 0 Å². The Kier molecular flexibility index (Phi) is 4.48. The van der Waals surface area contributed by atoms with Crippen LogP contribution in [0.25, 0.3) is 0 Å². The smallest absolute Gasteiger partial charge is 0.122 e. The first-order chi connectivity index (χ1) is 8.71. The Balaban J connectivity index is 1.95. The van der Waals surface area contributed by atoms with E-state index in [4.69, 9.17) is 9.47 Å². The van der Waals surface area contributed by atoms with E-state index in [1.54, 1.807) is 14.2 Å². The molecular weight excluding hydrogens is 226 g/mol. The number of rotatable bonds is 5. The van der Waals surface area contributed by atoms with Crippen LogP contribution in [0.3, 0.4) is 0 Å². The van der Waals surface area contributed by atoms with Crippen molar-refractivity contribution in [1.82, 2.24) is 5.32 Å². The number of methoxy groups -OCH3 is 2. The van der Waals surface area contributed by atoms with Gasteiger partial charge in [0.2, 0.25) is 0 Å².